The second-order valence-corrected chi connectivity index (χ2v) is 4.85. The molecule has 5 nitrogen and oxygen atoms in total. The Balaban J connectivity index is 2.02. The third-order valence-electron chi connectivity index (χ3n) is 3.44. The molecule has 0 bridgehead atoms. The van der Waals surface area contributed by atoms with Crippen LogP contribution in [0.15, 0.2) is 18.6 Å². The molecular formula is C13H17N5. The highest BCUT2D eigenvalue weighted by molar-refractivity contribution is 5.52. The van der Waals surface area contributed by atoms with Crippen LogP contribution >= 0.6 is 0 Å². The van der Waals surface area contributed by atoms with Gasteiger partial charge in [-0.2, -0.15) is 5.10 Å². The molecule has 0 aromatic carbocycles. The zero-order valence-corrected chi connectivity index (χ0v) is 10.5. The van der Waals surface area contributed by atoms with Crippen molar-refractivity contribution in [1.82, 2.24) is 19.7 Å². The summed E-state index contributed by atoms with van der Waals surface area (Å²) in [6.45, 7) is 0. The van der Waals surface area contributed by atoms with Crippen LogP contribution in [0.25, 0.3) is 11.4 Å². The van der Waals surface area contributed by atoms with Crippen molar-refractivity contribution < 1.29 is 0 Å². The Hall–Kier alpha value is -1.75. The first kappa shape index (κ1) is 11.3. The van der Waals surface area contributed by atoms with Gasteiger partial charge in [-0.05, 0) is 19.3 Å². The van der Waals surface area contributed by atoms with E-state index in [2.05, 4.69) is 15.1 Å². The number of hydrogen-bond acceptors (Lipinski definition) is 4. The van der Waals surface area contributed by atoms with Crippen molar-refractivity contribution in [3.63, 3.8) is 0 Å². The Morgan fingerprint density at radius 2 is 2.22 bits per heavy atom. The van der Waals surface area contributed by atoms with E-state index >= 15 is 0 Å². The van der Waals surface area contributed by atoms with Crippen LogP contribution < -0.4 is 5.73 Å². The van der Waals surface area contributed by atoms with Gasteiger partial charge in [0, 0.05) is 36.7 Å². The minimum atomic E-state index is 0.0884. The van der Waals surface area contributed by atoms with Gasteiger partial charge in [0.2, 0.25) is 0 Å². The molecule has 3 rings (SSSR count). The van der Waals surface area contributed by atoms with Gasteiger partial charge in [0.25, 0.3) is 0 Å². The number of rotatable bonds is 1. The van der Waals surface area contributed by atoms with Crippen molar-refractivity contribution in [2.24, 2.45) is 12.8 Å². The molecule has 2 heterocycles. The molecule has 1 atom stereocenters. The minimum Gasteiger partial charge on any atom is -0.324 e. The molecule has 0 radical (unpaired) electrons. The van der Waals surface area contributed by atoms with Gasteiger partial charge >= 0.3 is 0 Å². The monoisotopic (exact) mass is 243 g/mol. The van der Waals surface area contributed by atoms with Crippen LogP contribution in [0.2, 0.25) is 0 Å². The highest BCUT2D eigenvalue weighted by atomic mass is 15.2. The van der Waals surface area contributed by atoms with Crippen LogP contribution in [0, 0.1) is 0 Å². The summed E-state index contributed by atoms with van der Waals surface area (Å²) in [5.41, 5.74) is 9.32. The van der Waals surface area contributed by atoms with Crippen molar-refractivity contribution in [3.8, 4) is 11.4 Å². The fourth-order valence-electron chi connectivity index (χ4n) is 2.42. The number of fused-ring (bicyclic) bond motifs is 1. The Bertz CT molecular complexity index is 560. The van der Waals surface area contributed by atoms with Gasteiger partial charge in [0.15, 0.2) is 5.82 Å². The Morgan fingerprint density at radius 3 is 3.00 bits per heavy atom. The van der Waals surface area contributed by atoms with Gasteiger partial charge in [0.1, 0.15) is 0 Å². The maximum absolute atomic E-state index is 6.14. The molecule has 1 aliphatic rings. The maximum atomic E-state index is 6.14. The zero-order valence-electron chi connectivity index (χ0n) is 10.5. The van der Waals surface area contributed by atoms with Crippen molar-refractivity contribution in [2.45, 2.75) is 31.7 Å². The summed E-state index contributed by atoms with van der Waals surface area (Å²) in [7, 11) is 1.89. The second kappa shape index (κ2) is 4.49. The quantitative estimate of drug-likeness (QED) is 0.772. The molecule has 2 aromatic rings. The highest BCUT2D eigenvalue weighted by Gasteiger charge is 2.18. The van der Waals surface area contributed by atoms with Gasteiger partial charge in [-0.25, -0.2) is 9.97 Å². The predicted molar refractivity (Wildman–Crippen MR) is 68.7 cm³/mol. The molecule has 94 valence electrons. The van der Waals surface area contributed by atoms with Crippen LogP contribution in [0.5, 0.6) is 0 Å². The Labute approximate surface area is 106 Å². The molecule has 2 N–H and O–H groups in total. The first-order valence-electron chi connectivity index (χ1n) is 6.34. The van der Waals surface area contributed by atoms with E-state index in [1.165, 1.54) is 6.42 Å². The van der Waals surface area contributed by atoms with Gasteiger partial charge in [0.05, 0.1) is 11.8 Å². The summed E-state index contributed by atoms with van der Waals surface area (Å²) in [6, 6.07) is 0.0884. The van der Waals surface area contributed by atoms with Gasteiger partial charge in [-0.3, -0.25) is 4.68 Å². The van der Waals surface area contributed by atoms with Crippen molar-refractivity contribution in [1.29, 1.82) is 0 Å². The molecule has 0 saturated heterocycles. The van der Waals surface area contributed by atoms with Gasteiger partial charge in [-0.1, -0.05) is 6.42 Å². The van der Waals surface area contributed by atoms with E-state index in [0.717, 1.165) is 41.9 Å². The van der Waals surface area contributed by atoms with E-state index in [4.69, 9.17) is 5.73 Å². The van der Waals surface area contributed by atoms with Crippen LogP contribution in [0.1, 0.15) is 36.6 Å². The standard InChI is InChI=1S/C13H17N5/c1-18-8-9(6-16-18)13-15-7-10-11(14)4-2-3-5-12(10)17-13/h6-8,11H,2-5,14H2,1H3. The lowest BCUT2D eigenvalue weighted by molar-refractivity contribution is 0.614. The smallest absolute Gasteiger partial charge is 0.162 e. The normalized spacial score (nSPS) is 19.3. The van der Waals surface area contributed by atoms with E-state index < -0.39 is 0 Å². The van der Waals surface area contributed by atoms with Crippen LogP contribution in [-0.4, -0.2) is 19.7 Å². The van der Waals surface area contributed by atoms with E-state index in [0.29, 0.717) is 0 Å². The lowest BCUT2D eigenvalue weighted by atomic mass is 10.1. The lowest BCUT2D eigenvalue weighted by Gasteiger charge is -2.11. The van der Waals surface area contributed by atoms with Gasteiger partial charge < -0.3 is 5.73 Å². The summed E-state index contributed by atoms with van der Waals surface area (Å²) in [4.78, 5) is 9.09. The molecule has 0 spiro atoms. The molecule has 5 heteroatoms. The molecule has 1 aliphatic carbocycles. The molecular weight excluding hydrogens is 226 g/mol. The minimum absolute atomic E-state index is 0.0884. The molecule has 1 unspecified atom stereocenters. The number of nitrogens with two attached hydrogens (primary N) is 1. The maximum Gasteiger partial charge on any atom is 0.162 e. The molecule has 18 heavy (non-hydrogen) atoms. The number of aryl methyl sites for hydroxylation is 2. The SMILES string of the molecule is Cn1cc(-c2ncc3c(n2)CCCCC3N)cn1. The van der Waals surface area contributed by atoms with Crippen molar-refractivity contribution in [3.05, 3.63) is 29.8 Å². The summed E-state index contributed by atoms with van der Waals surface area (Å²) < 4.78 is 1.76. The average molecular weight is 243 g/mol. The largest absolute Gasteiger partial charge is 0.324 e. The zero-order chi connectivity index (χ0) is 12.5. The average Bonchev–Trinajstić information content (AvgIpc) is 2.72. The Kier molecular flexibility index (Phi) is 2.83. The molecule has 0 aliphatic heterocycles. The van der Waals surface area contributed by atoms with Gasteiger partial charge in [-0.15, -0.1) is 0 Å². The predicted octanol–water partition coefficient (Wildman–Crippen LogP) is 1.60. The fraction of sp³-hybridized carbons (Fsp3) is 0.462. The summed E-state index contributed by atoms with van der Waals surface area (Å²) >= 11 is 0. The fourth-order valence-corrected chi connectivity index (χ4v) is 2.42. The number of aromatic nitrogens is 4. The number of hydrogen-bond donors (Lipinski definition) is 1. The molecule has 0 fully saturated rings. The van der Waals surface area contributed by atoms with Crippen molar-refractivity contribution >= 4 is 0 Å². The highest BCUT2D eigenvalue weighted by Crippen LogP contribution is 2.26. The topological polar surface area (TPSA) is 69.6 Å². The van der Waals surface area contributed by atoms with E-state index in [1.807, 2.05) is 19.4 Å². The molecule has 2 aromatic heterocycles. The second-order valence-electron chi connectivity index (χ2n) is 4.85. The van der Waals surface area contributed by atoms with Crippen LogP contribution in [0.3, 0.4) is 0 Å². The summed E-state index contributed by atoms with van der Waals surface area (Å²) in [5.74, 6) is 0.746. The van der Waals surface area contributed by atoms with E-state index in [1.54, 1.807) is 10.9 Å². The first-order valence-corrected chi connectivity index (χ1v) is 6.34. The third-order valence-corrected chi connectivity index (χ3v) is 3.44. The summed E-state index contributed by atoms with van der Waals surface area (Å²) in [6.07, 6.45) is 9.96. The van der Waals surface area contributed by atoms with Crippen molar-refractivity contribution in [2.75, 3.05) is 0 Å². The van der Waals surface area contributed by atoms with E-state index in [-0.39, 0.29) is 6.04 Å². The molecule has 0 amide bonds. The third kappa shape index (κ3) is 2.01. The molecule has 0 saturated carbocycles. The summed E-state index contributed by atoms with van der Waals surface area (Å²) in [5, 5.41) is 4.15. The first-order chi connectivity index (χ1) is 8.74. The van der Waals surface area contributed by atoms with E-state index in [9.17, 15) is 0 Å². The number of nitrogens with zero attached hydrogens (tertiary/aromatic N) is 4. The van der Waals surface area contributed by atoms with Crippen LogP contribution in [-0.2, 0) is 13.5 Å². The lowest BCUT2D eigenvalue weighted by Crippen LogP contribution is -2.12. The Morgan fingerprint density at radius 1 is 1.33 bits per heavy atom. The van der Waals surface area contributed by atoms with Crippen LogP contribution in [0.4, 0.5) is 0 Å².